The van der Waals surface area contributed by atoms with Gasteiger partial charge < -0.3 is 15.1 Å². The highest BCUT2D eigenvalue weighted by Crippen LogP contribution is 2.39. The average Bonchev–Trinajstić information content (AvgIpc) is 2.76. The van der Waals surface area contributed by atoms with E-state index < -0.39 is 5.25 Å². The van der Waals surface area contributed by atoms with Gasteiger partial charge in [0.1, 0.15) is 6.54 Å². The van der Waals surface area contributed by atoms with Crippen LogP contribution in [0.15, 0.2) is 23.4 Å². The van der Waals surface area contributed by atoms with Crippen molar-refractivity contribution in [2.75, 3.05) is 24.5 Å². The summed E-state index contributed by atoms with van der Waals surface area (Å²) in [4.78, 5) is 47.2. The molecule has 1 aromatic heterocycles. The van der Waals surface area contributed by atoms with Crippen LogP contribution in [0, 0.1) is 0 Å². The van der Waals surface area contributed by atoms with Gasteiger partial charge in [-0.3, -0.25) is 19.4 Å². The zero-order valence-electron chi connectivity index (χ0n) is 16.6. The van der Waals surface area contributed by atoms with Crippen LogP contribution in [0.5, 0.6) is 0 Å². The quantitative estimate of drug-likeness (QED) is 0.762. The molecule has 2 aliphatic heterocycles. The average molecular weight is 417 g/mol. The van der Waals surface area contributed by atoms with E-state index >= 15 is 0 Å². The SMILES string of the molecule is O=C(CN1C(=O)C(C(=O)N2CCCCC2)Sc2cnccc21)NC1CCCCC1. The van der Waals surface area contributed by atoms with E-state index in [1.807, 2.05) is 0 Å². The lowest BCUT2D eigenvalue weighted by Crippen LogP contribution is -2.53. The van der Waals surface area contributed by atoms with Crippen LogP contribution in [-0.2, 0) is 14.4 Å². The molecular weight excluding hydrogens is 388 g/mol. The van der Waals surface area contributed by atoms with Crippen molar-refractivity contribution < 1.29 is 14.4 Å². The van der Waals surface area contributed by atoms with Crippen molar-refractivity contribution in [3.63, 3.8) is 0 Å². The number of carbonyl (C=O) groups excluding carboxylic acids is 3. The van der Waals surface area contributed by atoms with Gasteiger partial charge in [0.15, 0.2) is 5.25 Å². The number of anilines is 1. The second-order valence-electron chi connectivity index (χ2n) is 8.05. The molecule has 8 heteroatoms. The number of amides is 3. The molecule has 7 nitrogen and oxygen atoms in total. The van der Waals surface area contributed by atoms with Crippen LogP contribution in [0.25, 0.3) is 0 Å². The van der Waals surface area contributed by atoms with E-state index in [1.54, 1.807) is 23.4 Å². The largest absolute Gasteiger partial charge is 0.352 e. The summed E-state index contributed by atoms with van der Waals surface area (Å²) in [6, 6.07) is 1.93. The molecule has 3 aliphatic rings. The Bertz CT molecular complexity index is 775. The lowest BCUT2D eigenvalue weighted by Gasteiger charge is -2.36. The highest BCUT2D eigenvalue weighted by atomic mass is 32.2. The first-order valence-electron chi connectivity index (χ1n) is 10.6. The predicted octanol–water partition coefficient (Wildman–Crippen LogP) is 2.35. The molecule has 1 saturated carbocycles. The number of nitrogens with zero attached hydrogens (tertiary/aromatic N) is 3. The first-order valence-corrected chi connectivity index (χ1v) is 11.5. The molecule has 1 aliphatic carbocycles. The summed E-state index contributed by atoms with van der Waals surface area (Å²) < 4.78 is 0. The Hall–Kier alpha value is -2.09. The lowest BCUT2D eigenvalue weighted by atomic mass is 9.95. The number of rotatable bonds is 4. The van der Waals surface area contributed by atoms with Crippen molar-refractivity contribution in [2.45, 2.75) is 67.6 Å². The third kappa shape index (κ3) is 4.57. The van der Waals surface area contributed by atoms with Crippen molar-refractivity contribution in [2.24, 2.45) is 0 Å². The van der Waals surface area contributed by atoms with E-state index in [-0.39, 0.29) is 30.3 Å². The van der Waals surface area contributed by atoms with Crippen LogP contribution in [0.4, 0.5) is 5.69 Å². The summed E-state index contributed by atoms with van der Waals surface area (Å²) in [5.41, 5.74) is 0.663. The van der Waals surface area contributed by atoms with E-state index in [4.69, 9.17) is 0 Å². The molecule has 0 bridgehead atoms. The molecule has 0 aromatic carbocycles. The number of hydrogen-bond acceptors (Lipinski definition) is 5. The van der Waals surface area contributed by atoms with E-state index in [0.29, 0.717) is 18.8 Å². The van der Waals surface area contributed by atoms with Gasteiger partial charge in [-0.15, -0.1) is 0 Å². The standard InChI is InChI=1S/C21H28N4O3S/c26-18(23-15-7-3-1-4-8-15)14-25-16-9-10-22-13-17(16)29-19(21(25)28)20(27)24-11-5-2-6-12-24/h9-10,13,15,19H,1-8,11-12,14H2,(H,23,26). The molecule has 2 fully saturated rings. The molecule has 3 heterocycles. The summed E-state index contributed by atoms with van der Waals surface area (Å²) in [7, 11) is 0. The van der Waals surface area contributed by atoms with Crippen molar-refractivity contribution in [1.82, 2.24) is 15.2 Å². The summed E-state index contributed by atoms with van der Waals surface area (Å²) >= 11 is 1.26. The van der Waals surface area contributed by atoms with Gasteiger partial charge in [-0.05, 0) is 38.2 Å². The Morgan fingerprint density at radius 1 is 1.10 bits per heavy atom. The summed E-state index contributed by atoms with van der Waals surface area (Å²) in [5.74, 6) is -0.612. The van der Waals surface area contributed by atoms with Gasteiger partial charge >= 0.3 is 0 Å². The number of carbonyl (C=O) groups is 3. The second kappa shape index (κ2) is 9.15. The second-order valence-corrected chi connectivity index (χ2v) is 9.20. The van der Waals surface area contributed by atoms with Crippen molar-refractivity contribution in [1.29, 1.82) is 0 Å². The maximum Gasteiger partial charge on any atom is 0.250 e. The number of pyridine rings is 1. The van der Waals surface area contributed by atoms with E-state index in [9.17, 15) is 14.4 Å². The number of piperidine rings is 1. The molecule has 1 aromatic rings. The third-order valence-electron chi connectivity index (χ3n) is 5.95. The zero-order chi connectivity index (χ0) is 20.2. The maximum absolute atomic E-state index is 13.3. The number of likely N-dealkylation sites (tertiary alicyclic amines) is 1. The Morgan fingerprint density at radius 3 is 2.59 bits per heavy atom. The van der Waals surface area contributed by atoms with Gasteiger partial charge in [-0.2, -0.15) is 0 Å². The number of nitrogens with one attached hydrogen (secondary N) is 1. The van der Waals surface area contributed by atoms with Crippen LogP contribution in [0.2, 0.25) is 0 Å². The Kier molecular flexibility index (Phi) is 6.37. The fourth-order valence-corrected chi connectivity index (χ4v) is 5.54. The van der Waals surface area contributed by atoms with E-state index in [0.717, 1.165) is 49.8 Å². The van der Waals surface area contributed by atoms with Gasteiger partial charge in [0.05, 0.1) is 10.6 Å². The van der Waals surface area contributed by atoms with Crippen molar-refractivity contribution in [3.05, 3.63) is 18.5 Å². The number of fused-ring (bicyclic) bond motifs is 1. The predicted molar refractivity (Wildman–Crippen MR) is 112 cm³/mol. The summed E-state index contributed by atoms with van der Waals surface area (Å²) in [6.45, 7) is 1.34. The molecular formula is C21H28N4O3S. The lowest BCUT2D eigenvalue weighted by molar-refractivity contribution is -0.136. The van der Waals surface area contributed by atoms with Gasteiger partial charge in [0.25, 0.3) is 5.91 Å². The van der Waals surface area contributed by atoms with Crippen LogP contribution < -0.4 is 10.2 Å². The molecule has 0 spiro atoms. The minimum Gasteiger partial charge on any atom is -0.352 e. The molecule has 29 heavy (non-hydrogen) atoms. The molecule has 4 rings (SSSR count). The van der Waals surface area contributed by atoms with Gasteiger partial charge in [0.2, 0.25) is 11.8 Å². The van der Waals surface area contributed by atoms with Gasteiger partial charge in [-0.1, -0.05) is 31.0 Å². The fraction of sp³-hybridized carbons (Fsp3) is 0.619. The molecule has 156 valence electrons. The zero-order valence-corrected chi connectivity index (χ0v) is 17.5. The minimum absolute atomic E-state index is 0.0588. The topological polar surface area (TPSA) is 82.6 Å². The third-order valence-corrected chi connectivity index (χ3v) is 7.16. The van der Waals surface area contributed by atoms with Gasteiger partial charge in [-0.25, -0.2) is 0 Å². The Labute approximate surface area is 175 Å². The van der Waals surface area contributed by atoms with Crippen molar-refractivity contribution >= 4 is 35.2 Å². The fourth-order valence-electron chi connectivity index (χ4n) is 4.39. The number of aromatic nitrogens is 1. The molecule has 1 N–H and O–H groups in total. The minimum atomic E-state index is -0.840. The normalized spacial score (nSPS) is 22.9. The maximum atomic E-state index is 13.3. The Morgan fingerprint density at radius 2 is 1.83 bits per heavy atom. The highest BCUT2D eigenvalue weighted by Gasteiger charge is 2.41. The number of thioether (sulfide) groups is 1. The molecule has 1 saturated heterocycles. The first-order chi connectivity index (χ1) is 14.1. The van der Waals surface area contributed by atoms with Gasteiger partial charge in [0, 0.05) is 31.5 Å². The van der Waals surface area contributed by atoms with Crippen LogP contribution in [0.3, 0.4) is 0 Å². The monoisotopic (exact) mass is 416 g/mol. The first kappa shape index (κ1) is 20.2. The van der Waals surface area contributed by atoms with E-state index in [1.165, 1.54) is 23.1 Å². The van der Waals surface area contributed by atoms with Crippen molar-refractivity contribution in [3.8, 4) is 0 Å². The summed E-state index contributed by atoms with van der Waals surface area (Å²) in [5, 5.41) is 2.23. The van der Waals surface area contributed by atoms with Crippen LogP contribution in [-0.4, -0.2) is 58.5 Å². The molecule has 1 atom stereocenters. The van der Waals surface area contributed by atoms with Crippen LogP contribution in [0.1, 0.15) is 51.4 Å². The summed E-state index contributed by atoms with van der Waals surface area (Å²) in [6.07, 6.45) is 11.8. The van der Waals surface area contributed by atoms with E-state index in [2.05, 4.69) is 10.3 Å². The smallest absolute Gasteiger partial charge is 0.250 e. The molecule has 0 radical (unpaired) electrons. The number of hydrogen-bond donors (Lipinski definition) is 1. The highest BCUT2D eigenvalue weighted by molar-refractivity contribution is 8.01. The van der Waals surface area contributed by atoms with Crippen LogP contribution >= 0.6 is 11.8 Å². The molecule has 1 unspecified atom stereocenters. The Balaban J connectivity index is 1.50. The molecule has 3 amide bonds.